The van der Waals surface area contributed by atoms with E-state index in [0.717, 1.165) is 0 Å². The van der Waals surface area contributed by atoms with Crippen molar-refractivity contribution < 1.29 is 0 Å². The summed E-state index contributed by atoms with van der Waals surface area (Å²) < 4.78 is 0. The van der Waals surface area contributed by atoms with E-state index in [4.69, 9.17) is 0 Å². The molecule has 0 spiro atoms. The van der Waals surface area contributed by atoms with E-state index in [1.165, 1.54) is 22.7 Å². The second-order valence-electron chi connectivity index (χ2n) is 8.69. The second kappa shape index (κ2) is 6.55. The van der Waals surface area contributed by atoms with E-state index in [9.17, 15) is 0 Å². The maximum Gasteiger partial charge on any atom is 0.0573 e. The molecule has 0 aliphatic rings. The Balaban J connectivity index is 2.34. The smallest absolute Gasteiger partial charge is 0.0573 e. The first-order valence-corrected chi connectivity index (χ1v) is 15.6. The highest BCUT2D eigenvalue weighted by atomic mass is 28.3. The van der Waals surface area contributed by atoms with Crippen molar-refractivity contribution in [3.63, 3.8) is 0 Å². The van der Waals surface area contributed by atoms with Crippen LogP contribution in [0.25, 0.3) is 0 Å². The van der Waals surface area contributed by atoms with Crippen LogP contribution < -0.4 is 0 Å². The van der Waals surface area contributed by atoms with Crippen LogP contribution in [0, 0.1) is 0 Å². The van der Waals surface area contributed by atoms with Crippen molar-refractivity contribution in [2.45, 2.75) is 50.9 Å². The van der Waals surface area contributed by atoms with E-state index in [0.29, 0.717) is 5.54 Å². The first-order valence-electron chi connectivity index (χ1n) is 8.31. The standard InChI is InChI=1S/C20H30Si2/c1-21(2,3)16-17-12-14-19(15-13-17)20(22(4,5)6)18-10-8-7-9-11-18/h7-15,20H,16H2,1-6H3. The molecular weight excluding hydrogens is 296 g/mol. The quantitative estimate of drug-likeness (QED) is 0.581. The van der Waals surface area contributed by atoms with Crippen LogP contribution in [-0.2, 0) is 6.04 Å². The van der Waals surface area contributed by atoms with E-state index in [1.807, 2.05) is 0 Å². The van der Waals surface area contributed by atoms with Gasteiger partial charge < -0.3 is 0 Å². The molecule has 0 radical (unpaired) electrons. The summed E-state index contributed by atoms with van der Waals surface area (Å²) >= 11 is 0. The van der Waals surface area contributed by atoms with Gasteiger partial charge in [0.25, 0.3) is 0 Å². The molecule has 2 heteroatoms. The predicted octanol–water partition coefficient (Wildman–Crippen LogP) is 6.12. The average molecular weight is 327 g/mol. The van der Waals surface area contributed by atoms with E-state index in [-0.39, 0.29) is 0 Å². The zero-order chi connectivity index (χ0) is 16.4. The van der Waals surface area contributed by atoms with E-state index < -0.39 is 16.1 Å². The van der Waals surface area contributed by atoms with Gasteiger partial charge in [0.05, 0.1) is 8.07 Å². The highest BCUT2D eigenvalue weighted by molar-refractivity contribution is 6.78. The molecule has 0 aliphatic carbocycles. The van der Waals surface area contributed by atoms with Crippen molar-refractivity contribution in [1.82, 2.24) is 0 Å². The Morgan fingerprint density at radius 1 is 0.682 bits per heavy atom. The number of benzene rings is 2. The Hall–Kier alpha value is -1.13. The van der Waals surface area contributed by atoms with Gasteiger partial charge in [0.15, 0.2) is 0 Å². The molecular formula is C20H30Si2. The minimum Gasteiger partial charge on any atom is -0.0693 e. The zero-order valence-corrected chi connectivity index (χ0v) is 17.0. The summed E-state index contributed by atoms with van der Waals surface area (Å²) in [5, 5.41) is 0. The molecule has 22 heavy (non-hydrogen) atoms. The van der Waals surface area contributed by atoms with Crippen LogP contribution in [0.4, 0.5) is 0 Å². The molecule has 2 aromatic rings. The van der Waals surface area contributed by atoms with Crippen molar-refractivity contribution in [3.05, 3.63) is 71.3 Å². The summed E-state index contributed by atoms with van der Waals surface area (Å²) in [5.74, 6) is 0. The third kappa shape index (κ3) is 4.69. The largest absolute Gasteiger partial charge is 0.0693 e. The van der Waals surface area contributed by atoms with Gasteiger partial charge in [-0.25, -0.2) is 0 Å². The summed E-state index contributed by atoms with van der Waals surface area (Å²) in [6, 6.07) is 21.8. The molecule has 2 aromatic carbocycles. The highest BCUT2D eigenvalue weighted by Crippen LogP contribution is 2.34. The fraction of sp³-hybridized carbons (Fsp3) is 0.400. The molecule has 0 aliphatic heterocycles. The lowest BCUT2D eigenvalue weighted by molar-refractivity contribution is 1.07. The highest BCUT2D eigenvalue weighted by Gasteiger charge is 2.29. The van der Waals surface area contributed by atoms with Crippen molar-refractivity contribution in [2.24, 2.45) is 0 Å². The third-order valence-corrected chi connectivity index (χ3v) is 7.91. The molecule has 0 saturated carbocycles. The van der Waals surface area contributed by atoms with Crippen molar-refractivity contribution >= 4 is 16.1 Å². The van der Waals surface area contributed by atoms with Crippen LogP contribution in [0.15, 0.2) is 54.6 Å². The van der Waals surface area contributed by atoms with Crippen LogP contribution >= 0.6 is 0 Å². The summed E-state index contributed by atoms with van der Waals surface area (Å²) in [4.78, 5) is 0. The minimum absolute atomic E-state index is 0.578. The lowest BCUT2D eigenvalue weighted by Gasteiger charge is -2.30. The van der Waals surface area contributed by atoms with Gasteiger partial charge in [-0.3, -0.25) is 0 Å². The number of hydrogen-bond donors (Lipinski definition) is 0. The topological polar surface area (TPSA) is 0 Å². The molecule has 1 unspecified atom stereocenters. The minimum atomic E-state index is -1.32. The van der Waals surface area contributed by atoms with Crippen LogP contribution in [0.1, 0.15) is 22.2 Å². The van der Waals surface area contributed by atoms with Gasteiger partial charge in [0.2, 0.25) is 0 Å². The van der Waals surface area contributed by atoms with Gasteiger partial charge in [-0.15, -0.1) is 0 Å². The second-order valence-corrected chi connectivity index (χ2v) is 19.5. The van der Waals surface area contributed by atoms with Crippen LogP contribution in [0.5, 0.6) is 0 Å². The van der Waals surface area contributed by atoms with E-state index in [2.05, 4.69) is 93.9 Å². The van der Waals surface area contributed by atoms with Gasteiger partial charge in [-0.05, 0) is 17.2 Å². The van der Waals surface area contributed by atoms with Gasteiger partial charge in [-0.2, -0.15) is 0 Å². The molecule has 0 bridgehead atoms. The molecule has 0 fully saturated rings. The molecule has 0 saturated heterocycles. The molecule has 0 heterocycles. The maximum atomic E-state index is 2.47. The van der Waals surface area contributed by atoms with Gasteiger partial charge >= 0.3 is 0 Å². The first-order chi connectivity index (χ1) is 10.2. The normalized spacial score (nSPS) is 13.9. The van der Waals surface area contributed by atoms with Crippen molar-refractivity contribution in [1.29, 1.82) is 0 Å². The Kier molecular flexibility index (Phi) is 5.13. The molecule has 2 rings (SSSR count). The summed E-state index contributed by atoms with van der Waals surface area (Å²) in [6.07, 6.45) is 0. The lowest BCUT2D eigenvalue weighted by atomic mass is 10.0. The molecule has 0 nitrogen and oxygen atoms in total. The molecule has 1 atom stereocenters. The van der Waals surface area contributed by atoms with Crippen molar-refractivity contribution in [3.8, 4) is 0 Å². The van der Waals surface area contributed by atoms with E-state index >= 15 is 0 Å². The molecule has 118 valence electrons. The maximum absolute atomic E-state index is 2.47. The monoisotopic (exact) mass is 326 g/mol. The predicted molar refractivity (Wildman–Crippen MR) is 105 cm³/mol. The number of rotatable bonds is 5. The summed E-state index contributed by atoms with van der Waals surface area (Å²) in [6.45, 7) is 14.7. The Bertz CT molecular complexity index is 586. The Labute approximate surface area is 138 Å². The van der Waals surface area contributed by atoms with E-state index in [1.54, 1.807) is 0 Å². The third-order valence-electron chi connectivity index (χ3n) is 4.05. The van der Waals surface area contributed by atoms with Gasteiger partial charge in [-0.1, -0.05) is 99.4 Å². The molecule has 0 amide bonds. The summed E-state index contributed by atoms with van der Waals surface area (Å²) in [7, 11) is -2.36. The fourth-order valence-corrected chi connectivity index (χ4v) is 7.12. The SMILES string of the molecule is C[Si](C)(C)Cc1ccc(C(c2ccccc2)[Si](C)(C)C)cc1. The molecule has 0 aromatic heterocycles. The average Bonchev–Trinajstić information content (AvgIpc) is 2.39. The lowest BCUT2D eigenvalue weighted by Crippen LogP contribution is -2.32. The van der Waals surface area contributed by atoms with Crippen molar-refractivity contribution in [2.75, 3.05) is 0 Å². The number of hydrogen-bond acceptors (Lipinski definition) is 0. The van der Waals surface area contributed by atoms with Gasteiger partial charge in [0.1, 0.15) is 0 Å². The summed E-state index contributed by atoms with van der Waals surface area (Å²) in [5.41, 5.74) is 5.05. The van der Waals surface area contributed by atoms with Gasteiger partial charge in [0, 0.05) is 13.6 Å². The first kappa shape index (κ1) is 17.2. The fourth-order valence-electron chi connectivity index (χ4n) is 3.28. The van der Waals surface area contributed by atoms with Crippen LogP contribution in [0.3, 0.4) is 0 Å². The Morgan fingerprint density at radius 2 is 1.18 bits per heavy atom. The van der Waals surface area contributed by atoms with Crippen LogP contribution in [-0.4, -0.2) is 16.1 Å². The molecule has 0 N–H and O–H groups in total. The van der Waals surface area contributed by atoms with Crippen LogP contribution in [0.2, 0.25) is 39.3 Å². The Morgan fingerprint density at radius 3 is 1.64 bits per heavy atom. The zero-order valence-electron chi connectivity index (χ0n) is 15.0.